The van der Waals surface area contributed by atoms with Gasteiger partial charge in [0.15, 0.2) is 0 Å². The SMILES string of the molecule is CCCC(C)NC(=O)C(C)SC(C)CC(=O)OC. The first kappa shape index (κ1) is 17.3. The molecule has 0 spiro atoms. The van der Waals surface area contributed by atoms with Crippen molar-refractivity contribution >= 4 is 23.6 Å². The number of hydrogen-bond donors (Lipinski definition) is 1. The molecule has 0 aromatic rings. The van der Waals surface area contributed by atoms with Gasteiger partial charge in [0.25, 0.3) is 0 Å². The molecule has 0 rings (SSSR count). The third-order valence-electron chi connectivity index (χ3n) is 2.60. The van der Waals surface area contributed by atoms with Gasteiger partial charge in [-0.25, -0.2) is 0 Å². The Bertz CT molecular complexity index is 271. The largest absolute Gasteiger partial charge is 0.469 e. The van der Waals surface area contributed by atoms with E-state index in [9.17, 15) is 9.59 Å². The molecule has 3 unspecified atom stereocenters. The zero-order chi connectivity index (χ0) is 14.1. The minimum atomic E-state index is -0.234. The Morgan fingerprint density at radius 1 is 1.28 bits per heavy atom. The van der Waals surface area contributed by atoms with Gasteiger partial charge in [0.2, 0.25) is 5.91 Å². The normalized spacial score (nSPS) is 15.6. The van der Waals surface area contributed by atoms with Crippen molar-refractivity contribution in [2.75, 3.05) is 7.11 Å². The van der Waals surface area contributed by atoms with E-state index >= 15 is 0 Å². The van der Waals surface area contributed by atoms with Gasteiger partial charge in [0.05, 0.1) is 18.8 Å². The summed E-state index contributed by atoms with van der Waals surface area (Å²) in [6, 6.07) is 0.210. The minimum Gasteiger partial charge on any atom is -0.469 e. The fraction of sp³-hybridized carbons (Fsp3) is 0.846. The van der Waals surface area contributed by atoms with Crippen LogP contribution in [-0.2, 0) is 14.3 Å². The molecule has 0 aromatic carbocycles. The quantitative estimate of drug-likeness (QED) is 0.691. The Morgan fingerprint density at radius 2 is 1.89 bits per heavy atom. The van der Waals surface area contributed by atoms with Gasteiger partial charge in [-0.15, -0.1) is 11.8 Å². The molecule has 0 aliphatic rings. The third-order valence-corrected chi connectivity index (χ3v) is 3.85. The topological polar surface area (TPSA) is 55.4 Å². The first-order valence-corrected chi connectivity index (χ1v) is 7.37. The molecule has 0 radical (unpaired) electrons. The summed E-state index contributed by atoms with van der Waals surface area (Å²) in [5.41, 5.74) is 0. The Labute approximate surface area is 114 Å². The van der Waals surface area contributed by atoms with Crippen LogP contribution in [0.2, 0.25) is 0 Å². The predicted molar refractivity (Wildman–Crippen MR) is 75.7 cm³/mol. The number of carbonyl (C=O) groups is 2. The van der Waals surface area contributed by atoms with Crippen LogP contribution in [0.15, 0.2) is 0 Å². The van der Waals surface area contributed by atoms with E-state index in [2.05, 4.69) is 17.0 Å². The van der Waals surface area contributed by atoms with E-state index in [1.165, 1.54) is 18.9 Å². The van der Waals surface area contributed by atoms with E-state index in [4.69, 9.17) is 0 Å². The number of methoxy groups -OCH3 is 1. The van der Waals surface area contributed by atoms with Crippen LogP contribution in [0.1, 0.15) is 47.0 Å². The predicted octanol–water partition coefficient (Wildman–Crippen LogP) is 2.36. The molecular weight excluding hydrogens is 250 g/mol. The van der Waals surface area contributed by atoms with Gasteiger partial charge in [-0.1, -0.05) is 20.3 Å². The third kappa shape index (κ3) is 7.58. The molecule has 1 N–H and O–H groups in total. The molecule has 0 aliphatic carbocycles. The lowest BCUT2D eigenvalue weighted by Crippen LogP contribution is -2.38. The van der Waals surface area contributed by atoms with Crippen molar-refractivity contribution in [3.8, 4) is 0 Å². The Morgan fingerprint density at radius 3 is 2.39 bits per heavy atom. The maximum absolute atomic E-state index is 11.9. The molecule has 18 heavy (non-hydrogen) atoms. The number of esters is 1. The Hall–Kier alpha value is -0.710. The van der Waals surface area contributed by atoms with Crippen molar-refractivity contribution in [1.82, 2.24) is 5.32 Å². The minimum absolute atomic E-state index is 0.0395. The van der Waals surface area contributed by atoms with E-state index in [1.807, 2.05) is 20.8 Å². The molecule has 0 heterocycles. The number of carbonyl (C=O) groups excluding carboxylic acids is 2. The highest BCUT2D eigenvalue weighted by molar-refractivity contribution is 8.01. The fourth-order valence-electron chi connectivity index (χ4n) is 1.64. The number of thioether (sulfide) groups is 1. The molecular formula is C13H25NO3S. The van der Waals surface area contributed by atoms with Gasteiger partial charge in [0, 0.05) is 11.3 Å². The molecule has 4 nitrogen and oxygen atoms in total. The smallest absolute Gasteiger partial charge is 0.306 e. The van der Waals surface area contributed by atoms with Crippen LogP contribution < -0.4 is 5.32 Å². The standard InChI is InChI=1S/C13H25NO3S/c1-6-7-9(2)14-13(16)11(4)18-10(3)8-12(15)17-5/h9-11H,6-8H2,1-5H3,(H,14,16). The van der Waals surface area contributed by atoms with E-state index in [0.717, 1.165) is 12.8 Å². The van der Waals surface area contributed by atoms with Crippen molar-refractivity contribution < 1.29 is 14.3 Å². The van der Waals surface area contributed by atoms with Gasteiger partial charge < -0.3 is 10.1 Å². The zero-order valence-electron chi connectivity index (χ0n) is 12.0. The summed E-state index contributed by atoms with van der Waals surface area (Å²) in [4.78, 5) is 23.0. The van der Waals surface area contributed by atoms with E-state index in [-0.39, 0.29) is 28.4 Å². The first-order valence-electron chi connectivity index (χ1n) is 6.43. The molecule has 0 aromatic heterocycles. The Balaban J connectivity index is 4.03. The van der Waals surface area contributed by atoms with Crippen LogP contribution in [0.4, 0.5) is 0 Å². The van der Waals surface area contributed by atoms with Crippen molar-refractivity contribution in [3.63, 3.8) is 0 Å². The lowest BCUT2D eigenvalue weighted by molar-refractivity contribution is -0.140. The summed E-state index contributed by atoms with van der Waals surface area (Å²) in [6.07, 6.45) is 2.38. The van der Waals surface area contributed by atoms with Gasteiger partial charge in [0.1, 0.15) is 0 Å². The summed E-state index contributed by atoms with van der Waals surface area (Å²) >= 11 is 1.50. The van der Waals surface area contributed by atoms with Crippen molar-refractivity contribution in [2.24, 2.45) is 0 Å². The molecule has 106 valence electrons. The Kier molecular flexibility index (Phi) is 8.89. The zero-order valence-corrected chi connectivity index (χ0v) is 12.8. The highest BCUT2D eigenvalue weighted by Gasteiger charge is 2.19. The van der Waals surface area contributed by atoms with E-state index in [0.29, 0.717) is 6.42 Å². The molecule has 0 aliphatic heterocycles. The molecule has 1 amide bonds. The summed E-state index contributed by atoms with van der Waals surface area (Å²) < 4.78 is 4.61. The van der Waals surface area contributed by atoms with Crippen molar-refractivity contribution in [3.05, 3.63) is 0 Å². The number of ether oxygens (including phenoxy) is 1. The maximum Gasteiger partial charge on any atom is 0.306 e. The number of rotatable bonds is 8. The van der Waals surface area contributed by atoms with Crippen LogP contribution >= 0.6 is 11.8 Å². The molecule has 0 fully saturated rings. The summed E-state index contributed by atoms with van der Waals surface area (Å²) in [5.74, 6) is -0.195. The molecule has 0 saturated carbocycles. The van der Waals surface area contributed by atoms with E-state index < -0.39 is 0 Å². The van der Waals surface area contributed by atoms with Crippen LogP contribution in [0.5, 0.6) is 0 Å². The fourth-order valence-corrected chi connectivity index (χ4v) is 2.76. The second-order valence-corrected chi connectivity index (χ2v) is 6.35. The maximum atomic E-state index is 11.9. The summed E-state index contributed by atoms with van der Waals surface area (Å²) in [6.45, 7) is 7.91. The lowest BCUT2D eigenvalue weighted by atomic mass is 10.2. The number of amides is 1. The number of nitrogens with one attached hydrogen (secondary N) is 1. The van der Waals surface area contributed by atoms with Crippen LogP contribution in [0.3, 0.4) is 0 Å². The van der Waals surface area contributed by atoms with Gasteiger partial charge in [-0.3, -0.25) is 9.59 Å². The molecule has 0 bridgehead atoms. The van der Waals surface area contributed by atoms with Gasteiger partial charge in [-0.2, -0.15) is 0 Å². The highest BCUT2D eigenvalue weighted by atomic mass is 32.2. The summed E-state index contributed by atoms with van der Waals surface area (Å²) in [7, 11) is 1.38. The van der Waals surface area contributed by atoms with Crippen LogP contribution in [0.25, 0.3) is 0 Å². The molecule has 3 atom stereocenters. The summed E-state index contributed by atoms with van der Waals surface area (Å²) in [5, 5.41) is 2.91. The van der Waals surface area contributed by atoms with Crippen LogP contribution in [-0.4, -0.2) is 35.5 Å². The molecule has 0 saturated heterocycles. The monoisotopic (exact) mass is 275 g/mol. The lowest BCUT2D eigenvalue weighted by Gasteiger charge is -2.19. The average molecular weight is 275 g/mol. The average Bonchev–Trinajstić information content (AvgIpc) is 2.28. The second kappa shape index (κ2) is 9.25. The number of hydrogen-bond acceptors (Lipinski definition) is 4. The van der Waals surface area contributed by atoms with Crippen molar-refractivity contribution in [1.29, 1.82) is 0 Å². The molecule has 5 heteroatoms. The van der Waals surface area contributed by atoms with Gasteiger partial charge in [-0.05, 0) is 20.3 Å². The van der Waals surface area contributed by atoms with E-state index in [1.54, 1.807) is 0 Å². The highest BCUT2D eigenvalue weighted by Crippen LogP contribution is 2.20. The van der Waals surface area contributed by atoms with Gasteiger partial charge >= 0.3 is 5.97 Å². The second-order valence-electron chi connectivity index (χ2n) is 4.57. The first-order chi connectivity index (χ1) is 8.40. The van der Waals surface area contributed by atoms with Crippen molar-refractivity contribution in [2.45, 2.75) is 63.5 Å². The van der Waals surface area contributed by atoms with Crippen LogP contribution in [0, 0.1) is 0 Å².